The third kappa shape index (κ3) is 4.82. The van der Waals surface area contributed by atoms with E-state index in [0.717, 1.165) is 48.2 Å². The van der Waals surface area contributed by atoms with Crippen LogP contribution in [0.2, 0.25) is 5.02 Å². The monoisotopic (exact) mass is 471 g/mol. The summed E-state index contributed by atoms with van der Waals surface area (Å²) in [5.74, 6) is -0.0692. The first-order valence-electron chi connectivity index (χ1n) is 11.0. The van der Waals surface area contributed by atoms with E-state index >= 15 is 0 Å². The maximum absolute atomic E-state index is 12.7. The fourth-order valence-corrected chi connectivity index (χ4v) is 5.76. The number of aromatic nitrogens is 1. The van der Waals surface area contributed by atoms with Gasteiger partial charge in [-0.25, -0.2) is 4.98 Å². The van der Waals surface area contributed by atoms with Crippen LogP contribution in [0.15, 0.2) is 48.5 Å². The minimum absolute atomic E-state index is 0.0589. The van der Waals surface area contributed by atoms with Gasteiger partial charge >= 0.3 is 0 Å². The van der Waals surface area contributed by atoms with Crippen molar-refractivity contribution in [2.75, 3.05) is 31.6 Å². The molecule has 168 valence electrons. The van der Waals surface area contributed by atoms with Crippen molar-refractivity contribution in [2.45, 2.75) is 37.6 Å². The van der Waals surface area contributed by atoms with Gasteiger partial charge in [-0.1, -0.05) is 53.3 Å². The Kier molecular flexibility index (Phi) is 6.44. The van der Waals surface area contributed by atoms with Crippen LogP contribution in [0, 0.1) is 0 Å². The van der Waals surface area contributed by atoms with Crippen LogP contribution in [0.1, 0.15) is 24.8 Å². The quantitative estimate of drug-likeness (QED) is 0.563. The normalized spacial score (nSPS) is 23.7. The van der Waals surface area contributed by atoms with Crippen molar-refractivity contribution in [2.24, 2.45) is 0 Å². The summed E-state index contributed by atoms with van der Waals surface area (Å²) >= 11 is 7.49. The number of hydrogen-bond acceptors (Lipinski definition) is 6. The number of anilines is 1. The zero-order valence-corrected chi connectivity index (χ0v) is 19.3. The Hall–Kier alpha value is -2.03. The lowest BCUT2D eigenvalue weighted by Crippen LogP contribution is -2.57. The molecule has 0 bridgehead atoms. The van der Waals surface area contributed by atoms with Crippen molar-refractivity contribution in [3.8, 4) is 0 Å². The Balaban J connectivity index is 1.22. The van der Waals surface area contributed by atoms with Crippen LogP contribution in [0.5, 0.6) is 0 Å². The Morgan fingerprint density at radius 2 is 2.16 bits per heavy atom. The number of carbonyl (C=O) groups is 1. The van der Waals surface area contributed by atoms with Crippen LogP contribution in [0.4, 0.5) is 5.13 Å². The number of hydrogen-bond donors (Lipinski definition) is 1. The summed E-state index contributed by atoms with van der Waals surface area (Å²) in [5.41, 5.74) is 1.75. The van der Waals surface area contributed by atoms with E-state index in [9.17, 15) is 4.79 Å². The van der Waals surface area contributed by atoms with Crippen molar-refractivity contribution in [3.63, 3.8) is 0 Å². The van der Waals surface area contributed by atoms with Crippen molar-refractivity contribution in [3.05, 3.63) is 59.1 Å². The molecule has 0 radical (unpaired) electrons. The molecule has 8 heteroatoms. The predicted octanol–water partition coefficient (Wildman–Crippen LogP) is 4.73. The number of fused-ring (bicyclic) bond motifs is 1. The molecule has 6 nitrogen and oxygen atoms in total. The molecule has 2 fully saturated rings. The van der Waals surface area contributed by atoms with Gasteiger partial charge in [0, 0.05) is 24.7 Å². The second-order valence-corrected chi connectivity index (χ2v) is 9.93. The number of nitrogens with one attached hydrogen (secondary N) is 1. The molecule has 3 heterocycles. The van der Waals surface area contributed by atoms with E-state index in [2.05, 4.69) is 27.3 Å². The van der Waals surface area contributed by atoms with Gasteiger partial charge in [0.25, 0.3) is 0 Å². The van der Waals surface area contributed by atoms with E-state index < -0.39 is 0 Å². The average Bonchev–Trinajstić information content (AvgIpc) is 3.41. The molecule has 32 heavy (non-hydrogen) atoms. The summed E-state index contributed by atoms with van der Waals surface area (Å²) in [5, 5.41) is 4.20. The summed E-state index contributed by atoms with van der Waals surface area (Å²) in [7, 11) is 0. The smallest absolute Gasteiger partial charge is 0.240 e. The van der Waals surface area contributed by atoms with Crippen LogP contribution in [-0.4, -0.2) is 53.7 Å². The van der Waals surface area contributed by atoms with Crippen molar-refractivity contribution in [1.29, 1.82) is 0 Å². The highest BCUT2D eigenvalue weighted by atomic mass is 35.5. The van der Waals surface area contributed by atoms with Crippen molar-refractivity contribution in [1.82, 2.24) is 9.88 Å². The predicted molar refractivity (Wildman–Crippen MR) is 127 cm³/mol. The number of ether oxygens (including phenoxy) is 2. The fraction of sp³-hybridized carbons (Fsp3) is 0.417. The summed E-state index contributed by atoms with van der Waals surface area (Å²) < 4.78 is 13.5. The van der Waals surface area contributed by atoms with Gasteiger partial charge < -0.3 is 14.8 Å². The molecule has 1 N–H and O–H groups in total. The second-order valence-electron chi connectivity index (χ2n) is 8.47. The van der Waals surface area contributed by atoms with Gasteiger partial charge in [-0.15, -0.1) is 0 Å². The molecule has 5 rings (SSSR count). The maximum atomic E-state index is 12.7. The lowest BCUT2D eigenvalue weighted by atomic mass is 9.85. The first kappa shape index (κ1) is 21.8. The average molecular weight is 472 g/mol. The number of rotatable bonds is 6. The van der Waals surface area contributed by atoms with Crippen molar-refractivity contribution >= 4 is 44.2 Å². The lowest BCUT2D eigenvalue weighted by Gasteiger charge is -2.44. The molecule has 2 aliphatic rings. The molecule has 1 spiro atoms. The van der Waals surface area contributed by atoms with Gasteiger partial charge in [-0.05, 0) is 43.0 Å². The van der Waals surface area contributed by atoms with Crippen LogP contribution in [0.25, 0.3) is 10.2 Å². The molecule has 0 aliphatic carbocycles. The Labute approximate surface area is 196 Å². The van der Waals surface area contributed by atoms with E-state index in [4.69, 9.17) is 21.1 Å². The first-order valence-corrected chi connectivity index (χ1v) is 12.2. The van der Waals surface area contributed by atoms with E-state index in [1.807, 2.05) is 30.3 Å². The molecular formula is C24H26ClN3O3S. The van der Waals surface area contributed by atoms with Gasteiger partial charge in [0.05, 0.1) is 35.1 Å². The van der Waals surface area contributed by atoms with Crippen LogP contribution in [-0.2, 0) is 20.9 Å². The summed E-state index contributed by atoms with van der Waals surface area (Å²) in [6.45, 7) is 3.12. The van der Waals surface area contributed by atoms with E-state index in [1.165, 1.54) is 11.3 Å². The van der Waals surface area contributed by atoms with Gasteiger partial charge in [-0.3, -0.25) is 9.69 Å². The number of halogens is 1. The van der Waals surface area contributed by atoms with E-state index in [0.29, 0.717) is 29.9 Å². The maximum Gasteiger partial charge on any atom is 0.240 e. The second kappa shape index (κ2) is 9.45. The molecule has 2 saturated heterocycles. The number of nitrogens with zero attached hydrogens (tertiary/aromatic N) is 2. The topological polar surface area (TPSA) is 63.7 Å². The third-order valence-corrected chi connectivity index (χ3v) is 7.42. The van der Waals surface area contributed by atoms with Gasteiger partial charge in [0.15, 0.2) is 5.13 Å². The molecule has 0 saturated carbocycles. The summed E-state index contributed by atoms with van der Waals surface area (Å²) in [6, 6.07) is 15.7. The fourth-order valence-electron chi connectivity index (χ4n) is 4.60. The number of benzene rings is 2. The van der Waals surface area contributed by atoms with Gasteiger partial charge in [-0.2, -0.15) is 0 Å². The molecule has 2 aliphatic heterocycles. The minimum Gasteiger partial charge on any atom is -0.372 e. The number of piperidine rings is 1. The van der Waals surface area contributed by atoms with Gasteiger partial charge in [0.1, 0.15) is 0 Å². The number of likely N-dealkylation sites (tertiary alicyclic amines) is 1. The minimum atomic E-state index is -0.228. The lowest BCUT2D eigenvalue weighted by molar-refractivity contribution is -0.159. The largest absolute Gasteiger partial charge is 0.372 e. The first-order chi connectivity index (χ1) is 15.6. The molecule has 0 unspecified atom stereocenters. The highest BCUT2D eigenvalue weighted by Gasteiger charge is 2.47. The highest BCUT2D eigenvalue weighted by molar-refractivity contribution is 7.22. The van der Waals surface area contributed by atoms with E-state index in [-0.39, 0.29) is 17.6 Å². The molecular weight excluding hydrogens is 446 g/mol. The third-order valence-electron chi connectivity index (χ3n) is 6.25. The molecule has 2 atom stereocenters. The zero-order chi connectivity index (χ0) is 22.0. The van der Waals surface area contributed by atoms with Crippen LogP contribution >= 0.6 is 22.9 Å². The summed E-state index contributed by atoms with van der Waals surface area (Å²) in [6.07, 6.45) is 2.89. The molecule has 2 aromatic carbocycles. The van der Waals surface area contributed by atoms with Crippen LogP contribution < -0.4 is 5.32 Å². The van der Waals surface area contributed by atoms with Crippen molar-refractivity contribution < 1.29 is 14.3 Å². The SMILES string of the molecule is O=C(CN1CC[C@]2(CCCO2)[C@H](OCc2ccccc2)C1)Nc1nc2ccc(Cl)cc2s1. The number of carbonyl (C=O) groups excluding carboxylic acids is 1. The Morgan fingerprint density at radius 1 is 1.28 bits per heavy atom. The summed E-state index contributed by atoms with van der Waals surface area (Å²) in [4.78, 5) is 19.4. The standard InChI is InChI=1S/C24H26ClN3O3S/c25-18-7-8-19-20(13-18)32-23(26-19)27-22(29)15-28-11-10-24(9-4-12-31-24)21(14-28)30-16-17-5-2-1-3-6-17/h1-3,5-8,13,21H,4,9-12,14-16H2,(H,26,27,29)/t21-,24-/m1/s1. The molecule has 1 aromatic heterocycles. The zero-order valence-electron chi connectivity index (χ0n) is 17.8. The Bertz CT molecular complexity index is 1080. The number of thiazole rings is 1. The molecule has 1 amide bonds. The molecule has 3 aromatic rings. The van der Waals surface area contributed by atoms with Crippen LogP contribution in [0.3, 0.4) is 0 Å². The number of amides is 1. The van der Waals surface area contributed by atoms with Gasteiger partial charge in [0.2, 0.25) is 5.91 Å². The highest BCUT2D eigenvalue weighted by Crippen LogP contribution is 2.38. The Morgan fingerprint density at radius 3 is 2.97 bits per heavy atom. The van der Waals surface area contributed by atoms with E-state index in [1.54, 1.807) is 6.07 Å².